The van der Waals surface area contributed by atoms with Gasteiger partial charge >= 0.3 is 0 Å². The standard InChI is InChI=1S/C13H13N3O3/c1-19-11-4-2-10(3-5-11)15-13(18)8-16-7-6-14-12(16)9-17/h2-7,9H,8H2,1H3,(H,15,18). The molecule has 0 fully saturated rings. The van der Waals surface area contributed by atoms with Gasteiger partial charge in [0.15, 0.2) is 12.1 Å². The number of aromatic nitrogens is 2. The van der Waals surface area contributed by atoms with Crippen LogP contribution in [0.1, 0.15) is 10.6 Å². The summed E-state index contributed by atoms with van der Waals surface area (Å²) in [6.07, 6.45) is 3.67. The monoisotopic (exact) mass is 259 g/mol. The van der Waals surface area contributed by atoms with Crippen molar-refractivity contribution in [3.05, 3.63) is 42.5 Å². The van der Waals surface area contributed by atoms with Gasteiger partial charge in [-0.25, -0.2) is 4.98 Å². The summed E-state index contributed by atoms with van der Waals surface area (Å²) in [4.78, 5) is 26.3. The third-order valence-corrected chi connectivity index (χ3v) is 2.54. The van der Waals surface area contributed by atoms with Gasteiger partial charge in [-0.3, -0.25) is 9.59 Å². The second-order valence-electron chi connectivity index (χ2n) is 3.81. The van der Waals surface area contributed by atoms with Crippen LogP contribution in [0, 0.1) is 0 Å². The Hall–Kier alpha value is -2.63. The lowest BCUT2D eigenvalue weighted by atomic mass is 10.3. The highest BCUT2D eigenvalue weighted by atomic mass is 16.5. The number of aldehydes is 1. The predicted molar refractivity (Wildman–Crippen MR) is 69.2 cm³/mol. The second-order valence-corrected chi connectivity index (χ2v) is 3.81. The summed E-state index contributed by atoms with van der Waals surface area (Å²) in [7, 11) is 1.58. The molecule has 6 nitrogen and oxygen atoms in total. The molecule has 0 atom stereocenters. The number of hydrogen-bond donors (Lipinski definition) is 1. The van der Waals surface area contributed by atoms with E-state index in [1.165, 1.54) is 10.8 Å². The minimum atomic E-state index is -0.230. The molecule has 0 spiro atoms. The first kappa shape index (κ1) is 12.8. The van der Waals surface area contributed by atoms with Crippen LogP contribution in [-0.4, -0.2) is 28.9 Å². The topological polar surface area (TPSA) is 73.2 Å². The van der Waals surface area contributed by atoms with Crippen LogP contribution in [0.15, 0.2) is 36.7 Å². The van der Waals surface area contributed by atoms with Crippen LogP contribution in [0.4, 0.5) is 5.69 Å². The van der Waals surface area contributed by atoms with Crippen LogP contribution in [0.5, 0.6) is 5.75 Å². The van der Waals surface area contributed by atoms with Crippen molar-refractivity contribution in [3.8, 4) is 5.75 Å². The van der Waals surface area contributed by atoms with Crippen molar-refractivity contribution in [2.24, 2.45) is 0 Å². The maximum absolute atomic E-state index is 11.8. The van der Waals surface area contributed by atoms with Crippen molar-refractivity contribution >= 4 is 17.9 Å². The minimum absolute atomic E-state index is 0.0418. The van der Waals surface area contributed by atoms with Crippen molar-refractivity contribution in [3.63, 3.8) is 0 Å². The highest BCUT2D eigenvalue weighted by Gasteiger charge is 2.07. The first-order chi connectivity index (χ1) is 9.22. The van der Waals surface area contributed by atoms with Crippen LogP contribution < -0.4 is 10.1 Å². The van der Waals surface area contributed by atoms with Crippen molar-refractivity contribution in [2.45, 2.75) is 6.54 Å². The van der Waals surface area contributed by atoms with Crippen LogP contribution in [-0.2, 0) is 11.3 Å². The van der Waals surface area contributed by atoms with Crippen LogP contribution in [0.25, 0.3) is 0 Å². The molecule has 0 bridgehead atoms. The van der Waals surface area contributed by atoms with Crippen molar-refractivity contribution < 1.29 is 14.3 Å². The minimum Gasteiger partial charge on any atom is -0.497 e. The summed E-state index contributed by atoms with van der Waals surface area (Å²) in [5.41, 5.74) is 0.665. The molecule has 19 heavy (non-hydrogen) atoms. The molecule has 0 aliphatic carbocycles. The summed E-state index contributed by atoms with van der Waals surface area (Å²) >= 11 is 0. The van der Waals surface area contributed by atoms with Gasteiger partial charge in [-0.05, 0) is 24.3 Å². The Bertz CT molecular complexity index is 575. The molecule has 1 aromatic carbocycles. The van der Waals surface area contributed by atoms with Gasteiger partial charge in [0.2, 0.25) is 5.91 Å². The van der Waals surface area contributed by atoms with Gasteiger partial charge in [0.05, 0.1) is 7.11 Å². The first-order valence-corrected chi connectivity index (χ1v) is 5.63. The maximum Gasteiger partial charge on any atom is 0.244 e. The number of carbonyl (C=O) groups is 2. The number of anilines is 1. The van der Waals surface area contributed by atoms with E-state index in [-0.39, 0.29) is 18.3 Å². The molecular weight excluding hydrogens is 246 g/mol. The number of benzene rings is 1. The predicted octanol–water partition coefficient (Wildman–Crippen LogP) is 1.34. The van der Waals surface area contributed by atoms with Crippen molar-refractivity contribution in [2.75, 3.05) is 12.4 Å². The third-order valence-electron chi connectivity index (χ3n) is 2.54. The van der Waals surface area contributed by atoms with E-state index in [0.29, 0.717) is 12.0 Å². The van der Waals surface area contributed by atoms with Gasteiger partial charge in [-0.1, -0.05) is 0 Å². The molecule has 0 aliphatic rings. The zero-order valence-corrected chi connectivity index (χ0v) is 10.4. The van der Waals surface area contributed by atoms with Crippen LogP contribution >= 0.6 is 0 Å². The number of carbonyl (C=O) groups excluding carboxylic acids is 2. The smallest absolute Gasteiger partial charge is 0.244 e. The van der Waals surface area contributed by atoms with Gasteiger partial charge in [0, 0.05) is 18.1 Å². The lowest BCUT2D eigenvalue weighted by Gasteiger charge is -2.07. The molecule has 6 heteroatoms. The fourth-order valence-electron chi connectivity index (χ4n) is 1.60. The van der Waals surface area contributed by atoms with Gasteiger partial charge in [0.1, 0.15) is 12.3 Å². The average Bonchev–Trinajstić information content (AvgIpc) is 2.86. The number of nitrogens with zero attached hydrogens (tertiary/aromatic N) is 2. The van der Waals surface area contributed by atoms with E-state index in [4.69, 9.17) is 4.74 Å². The number of amides is 1. The summed E-state index contributed by atoms with van der Waals surface area (Å²) in [6.45, 7) is 0.0418. The largest absolute Gasteiger partial charge is 0.497 e. The molecule has 2 aromatic rings. The number of nitrogens with one attached hydrogen (secondary N) is 1. The van der Waals surface area contributed by atoms with Gasteiger partial charge in [-0.2, -0.15) is 0 Å². The quantitative estimate of drug-likeness (QED) is 0.822. The van der Waals surface area contributed by atoms with Crippen molar-refractivity contribution in [1.29, 1.82) is 0 Å². The molecule has 2 rings (SSSR count). The molecule has 1 heterocycles. The SMILES string of the molecule is COc1ccc(NC(=O)Cn2ccnc2C=O)cc1. The molecule has 1 aromatic heterocycles. The van der Waals surface area contributed by atoms with Gasteiger partial charge < -0.3 is 14.6 Å². The van der Waals surface area contributed by atoms with Crippen molar-refractivity contribution in [1.82, 2.24) is 9.55 Å². The molecule has 0 aliphatic heterocycles. The fourth-order valence-corrected chi connectivity index (χ4v) is 1.60. The molecule has 1 N–H and O–H groups in total. The Kier molecular flexibility index (Phi) is 3.92. The summed E-state index contributed by atoms with van der Waals surface area (Å²) < 4.78 is 6.50. The van der Waals surface area contributed by atoms with E-state index < -0.39 is 0 Å². The highest BCUT2D eigenvalue weighted by molar-refractivity contribution is 5.91. The maximum atomic E-state index is 11.8. The summed E-state index contributed by atoms with van der Waals surface area (Å²) in [5, 5.41) is 2.72. The van der Waals surface area contributed by atoms with E-state index in [9.17, 15) is 9.59 Å². The number of methoxy groups -OCH3 is 1. The van der Waals surface area contributed by atoms with Crippen LogP contribution in [0.3, 0.4) is 0 Å². The van der Waals surface area contributed by atoms with E-state index >= 15 is 0 Å². The molecular formula is C13H13N3O3. The Labute approximate surface area is 110 Å². The molecule has 1 amide bonds. The Balaban J connectivity index is 1.99. The van der Waals surface area contributed by atoms with Gasteiger partial charge in [0.25, 0.3) is 0 Å². The number of rotatable bonds is 5. The summed E-state index contributed by atoms with van der Waals surface area (Å²) in [6, 6.07) is 6.99. The Morgan fingerprint density at radius 2 is 2.16 bits per heavy atom. The van der Waals surface area contributed by atoms with E-state index in [1.807, 2.05) is 0 Å². The normalized spacial score (nSPS) is 9.95. The third kappa shape index (κ3) is 3.19. The van der Waals surface area contributed by atoms with Gasteiger partial charge in [-0.15, -0.1) is 0 Å². The Morgan fingerprint density at radius 1 is 1.42 bits per heavy atom. The highest BCUT2D eigenvalue weighted by Crippen LogP contribution is 2.14. The average molecular weight is 259 g/mol. The number of ether oxygens (including phenoxy) is 1. The van der Waals surface area contributed by atoms with E-state index in [1.54, 1.807) is 37.6 Å². The number of imidazole rings is 1. The molecule has 0 radical (unpaired) electrons. The zero-order valence-electron chi connectivity index (χ0n) is 10.4. The Morgan fingerprint density at radius 3 is 2.79 bits per heavy atom. The summed E-state index contributed by atoms with van der Waals surface area (Å²) in [5.74, 6) is 0.715. The second kappa shape index (κ2) is 5.81. The van der Waals surface area contributed by atoms with E-state index in [0.717, 1.165) is 5.75 Å². The van der Waals surface area contributed by atoms with E-state index in [2.05, 4.69) is 10.3 Å². The molecule has 0 saturated heterocycles. The fraction of sp³-hybridized carbons (Fsp3) is 0.154. The zero-order chi connectivity index (χ0) is 13.7. The molecule has 0 unspecified atom stereocenters. The number of hydrogen-bond acceptors (Lipinski definition) is 4. The molecule has 0 saturated carbocycles. The first-order valence-electron chi connectivity index (χ1n) is 5.63. The lowest BCUT2D eigenvalue weighted by Crippen LogP contribution is -2.19. The molecule has 98 valence electrons. The lowest BCUT2D eigenvalue weighted by molar-refractivity contribution is -0.116. The van der Waals surface area contributed by atoms with Crippen LogP contribution in [0.2, 0.25) is 0 Å².